The van der Waals surface area contributed by atoms with Gasteiger partial charge in [0, 0.05) is 31.0 Å². The summed E-state index contributed by atoms with van der Waals surface area (Å²) in [5.41, 5.74) is -0.132. The molecule has 240 valence electrons. The Labute approximate surface area is 256 Å². The first-order valence-electron chi connectivity index (χ1n) is 14.1. The minimum absolute atomic E-state index is 0.126. The Kier molecular flexibility index (Phi) is 11.4. The van der Waals surface area contributed by atoms with Crippen LogP contribution in [0.15, 0.2) is 77.7 Å². The standard InChI is InChI=1S/C32H39F4N3O4S/c1-6-24(20-37-25-13-15-26(43-4)16-14-25)38-30(40)28(19-31(2,3)33)39-29(32(34,35)36)23-9-7-21(8-10-23)22-11-17-27(18-12-22)44(5,41)42/h7-18,24,28-29,37,39H,6,19-20H2,1-5H3,(H,38,40)/t24-,28-,29-/m0/s1. The van der Waals surface area contributed by atoms with Gasteiger partial charge in [0.05, 0.1) is 18.0 Å². The van der Waals surface area contributed by atoms with E-state index in [1.165, 1.54) is 50.2 Å². The van der Waals surface area contributed by atoms with Gasteiger partial charge in [-0.25, -0.2) is 12.8 Å². The number of benzene rings is 3. The molecule has 3 aromatic rings. The molecule has 44 heavy (non-hydrogen) atoms. The van der Waals surface area contributed by atoms with E-state index in [9.17, 15) is 30.8 Å². The molecule has 0 fully saturated rings. The number of amides is 1. The van der Waals surface area contributed by atoms with Crippen LogP contribution in [0.25, 0.3) is 11.1 Å². The number of sulfone groups is 1. The van der Waals surface area contributed by atoms with Gasteiger partial charge >= 0.3 is 6.18 Å². The molecule has 0 aliphatic rings. The third-order valence-electron chi connectivity index (χ3n) is 7.04. The van der Waals surface area contributed by atoms with Gasteiger partial charge in [-0.1, -0.05) is 43.3 Å². The molecule has 0 bridgehead atoms. The van der Waals surface area contributed by atoms with E-state index < -0.39 is 52.1 Å². The fourth-order valence-electron chi connectivity index (χ4n) is 4.61. The number of methoxy groups -OCH3 is 1. The van der Waals surface area contributed by atoms with Crippen LogP contribution in [0.2, 0.25) is 0 Å². The molecule has 3 atom stereocenters. The number of hydrogen-bond donors (Lipinski definition) is 3. The summed E-state index contributed by atoms with van der Waals surface area (Å²) in [7, 11) is -1.84. The van der Waals surface area contributed by atoms with E-state index in [4.69, 9.17) is 4.74 Å². The van der Waals surface area contributed by atoms with E-state index in [1.807, 2.05) is 6.92 Å². The number of ether oxygens (including phenoxy) is 1. The fraction of sp³-hybridized carbons (Fsp3) is 0.406. The van der Waals surface area contributed by atoms with E-state index in [2.05, 4.69) is 16.0 Å². The zero-order valence-electron chi connectivity index (χ0n) is 25.3. The fourth-order valence-corrected chi connectivity index (χ4v) is 5.24. The van der Waals surface area contributed by atoms with Gasteiger partial charge in [0.25, 0.3) is 0 Å². The van der Waals surface area contributed by atoms with E-state index >= 15 is 0 Å². The number of carbonyl (C=O) groups is 1. The molecule has 3 aromatic carbocycles. The molecule has 0 aromatic heterocycles. The highest BCUT2D eigenvalue weighted by Crippen LogP contribution is 2.35. The first-order valence-corrected chi connectivity index (χ1v) is 16.0. The number of halogens is 4. The van der Waals surface area contributed by atoms with Crippen LogP contribution < -0.4 is 20.7 Å². The smallest absolute Gasteiger partial charge is 0.407 e. The zero-order chi connectivity index (χ0) is 32.7. The highest BCUT2D eigenvalue weighted by atomic mass is 32.2. The lowest BCUT2D eigenvalue weighted by molar-refractivity contribution is -0.161. The topological polar surface area (TPSA) is 96.5 Å². The second kappa shape index (κ2) is 14.4. The summed E-state index contributed by atoms with van der Waals surface area (Å²) >= 11 is 0. The van der Waals surface area contributed by atoms with Crippen LogP contribution in [-0.4, -0.2) is 58.2 Å². The molecule has 12 heteroatoms. The van der Waals surface area contributed by atoms with Crippen molar-refractivity contribution in [1.29, 1.82) is 0 Å². The molecule has 0 heterocycles. The Hall–Kier alpha value is -3.64. The molecule has 0 radical (unpaired) electrons. The third-order valence-corrected chi connectivity index (χ3v) is 8.17. The Bertz CT molecular complexity index is 1470. The SMILES string of the molecule is CC[C@@H](CNc1ccc(OC)cc1)NC(=O)[C@H](CC(C)(C)F)N[C@@H](c1ccc(-c2ccc(S(C)(=O)=O)cc2)cc1)C(F)(F)F. The highest BCUT2D eigenvalue weighted by molar-refractivity contribution is 7.90. The largest absolute Gasteiger partial charge is 0.497 e. The Balaban J connectivity index is 1.79. The summed E-state index contributed by atoms with van der Waals surface area (Å²) in [4.78, 5) is 13.4. The maximum Gasteiger partial charge on any atom is 0.407 e. The summed E-state index contributed by atoms with van der Waals surface area (Å²) in [6, 6.07) is 14.5. The number of anilines is 1. The summed E-state index contributed by atoms with van der Waals surface area (Å²) < 4.78 is 86.5. The van der Waals surface area contributed by atoms with Gasteiger partial charge in [-0.3, -0.25) is 10.1 Å². The lowest BCUT2D eigenvalue weighted by Gasteiger charge is -2.31. The molecule has 0 unspecified atom stereocenters. The maximum absolute atomic E-state index is 14.8. The van der Waals surface area contributed by atoms with Gasteiger partial charge in [-0.2, -0.15) is 13.2 Å². The van der Waals surface area contributed by atoms with Crippen molar-refractivity contribution in [2.24, 2.45) is 0 Å². The van der Waals surface area contributed by atoms with Crippen molar-refractivity contribution in [3.63, 3.8) is 0 Å². The zero-order valence-corrected chi connectivity index (χ0v) is 26.2. The molecular weight excluding hydrogens is 598 g/mol. The minimum Gasteiger partial charge on any atom is -0.497 e. The summed E-state index contributed by atoms with van der Waals surface area (Å²) in [6.45, 7) is 4.56. The van der Waals surface area contributed by atoms with E-state index in [-0.39, 0.29) is 10.5 Å². The van der Waals surface area contributed by atoms with Gasteiger partial charge < -0.3 is 15.4 Å². The van der Waals surface area contributed by atoms with Gasteiger partial charge in [0.1, 0.15) is 17.5 Å². The van der Waals surface area contributed by atoms with Crippen molar-refractivity contribution in [1.82, 2.24) is 10.6 Å². The Morgan fingerprint density at radius 3 is 1.89 bits per heavy atom. The van der Waals surface area contributed by atoms with Crippen LogP contribution in [0, 0.1) is 0 Å². The maximum atomic E-state index is 14.8. The Morgan fingerprint density at radius 1 is 0.886 bits per heavy atom. The van der Waals surface area contributed by atoms with Crippen molar-refractivity contribution < 1.29 is 35.5 Å². The number of rotatable bonds is 14. The molecule has 0 saturated carbocycles. The first-order chi connectivity index (χ1) is 20.5. The second-order valence-corrected chi connectivity index (χ2v) is 13.3. The van der Waals surface area contributed by atoms with Crippen molar-refractivity contribution in [2.45, 2.75) is 68.5 Å². The summed E-state index contributed by atoms with van der Waals surface area (Å²) in [6.07, 6.45) is -3.72. The number of carbonyl (C=O) groups excluding carboxylic acids is 1. The van der Waals surface area contributed by atoms with Crippen LogP contribution in [0.1, 0.15) is 45.2 Å². The molecule has 1 amide bonds. The van der Waals surface area contributed by atoms with E-state index in [1.54, 1.807) is 43.5 Å². The molecule has 0 saturated heterocycles. The molecule has 3 rings (SSSR count). The third kappa shape index (κ3) is 10.2. The predicted octanol–water partition coefficient (Wildman–Crippen LogP) is 6.47. The normalized spacial score (nSPS) is 14.4. The molecule has 0 aliphatic heterocycles. The van der Waals surface area contributed by atoms with Crippen LogP contribution in [0.4, 0.5) is 23.2 Å². The molecule has 3 N–H and O–H groups in total. The number of alkyl halides is 4. The predicted molar refractivity (Wildman–Crippen MR) is 164 cm³/mol. The van der Waals surface area contributed by atoms with Gasteiger partial charge in [-0.05, 0) is 73.4 Å². The van der Waals surface area contributed by atoms with Crippen LogP contribution in [-0.2, 0) is 14.6 Å². The second-order valence-electron chi connectivity index (χ2n) is 11.3. The van der Waals surface area contributed by atoms with Crippen molar-refractivity contribution in [3.8, 4) is 16.9 Å². The summed E-state index contributed by atoms with van der Waals surface area (Å²) in [5.74, 6) is -0.0632. The van der Waals surface area contributed by atoms with Crippen LogP contribution >= 0.6 is 0 Å². The molecule has 7 nitrogen and oxygen atoms in total. The summed E-state index contributed by atoms with van der Waals surface area (Å²) in [5, 5.41) is 8.34. The van der Waals surface area contributed by atoms with Crippen molar-refractivity contribution in [2.75, 3.05) is 25.2 Å². The average molecular weight is 638 g/mol. The van der Waals surface area contributed by atoms with Crippen LogP contribution in [0.3, 0.4) is 0 Å². The number of nitrogens with one attached hydrogen (secondary N) is 3. The number of hydrogen-bond acceptors (Lipinski definition) is 6. The van der Waals surface area contributed by atoms with Gasteiger partial charge in [0.15, 0.2) is 9.84 Å². The molecular formula is C32H39F4N3O4S. The van der Waals surface area contributed by atoms with Crippen molar-refractivity contribution in [3.05, 3.63) is 78.4 Å². The minimum atomic E-state index is -4.79. The molecule has 0 spiro atoms. The van der Waals surface area contributed by atoms with Gasteiger partial charge in [0.2, 0.25) is 5.91 Å². The quantitative estimate of drug-likeness (QED) is 0.175. The molecule has 0 aliphatic carbocycles. The average Bonchev–Trinajstić information content (AvgIpc) is 2.96. The monoisotopic (exact) mass is 637 g/mol. The first kappa shape index (κ1) is 34.8. The highest BCUT2D eigenvalue weighted by Gasteiger charge is 2.44. The lowest BCUT2D eigenvalue weighted by atomic mass is 9.96. The Morgan fingerprint density at radius 2 is 1.43 bits per heavy atom. The van der Waals surface area contributed by atoms with Gasteiger partial charge in [-0.15, -0.1) is 0 Å². The van der Waals surface area contributed by atoms with Crippen LogP contribution in [0.5, 0.6) is 5.75 Å². The lowest BCUT2D eigenvalue weighted by Crippen LogP contribution is -2.53. The van der Waals surface area contributed by atoms with Crippen molar-refractivity contribution >= 4 is 21.4 Å². The van der Waals surface area contributed by atoms with E-state index in [0.29, 0.717) is 29.8 Å². The van der Waals surface area contributed by atoms with E-state index in [0.717, 1.165) is 11.9 Å².